The molecule has 164 valence electrons. The van der Waals surface area contributed by atoms with E-state index < -0.39 is 23.3 Å². The molecule has 1 atom stereocenters. The van der Waals surface area contributed by atoms with Crippen LogP contribution in [0.2, 0.25) is 20.1 Å². The number of hydrogen-bond acceptors (Lipinski definition) is 6. The number of esters is 1. The zero-order chi connectivity index (χ0) is 22.8. The van der Waals surface area contributed by atoms with Crippen molar-refractivity contribution in [3.8, 4) is 0 Å². The molecular formula is C20H14Cl4O5S2. The number of thioether (sulfide) groups is 2. The van der Waals surface area contributed by atoms with Crippen LogP contribution < -0.4 is 0 Å². The van der Waals surface area contributed by atoms with Crippen molar-refractivity contribution in [1.82, 2.24) is 0 Å². The average Bonchev–Trinajstić information content (AvgIpc) is 2.94. The number of aliphatic hydroxyl groups excluding tert-OH is 1. The number of benzene rings is 2. The Labute approximate surface area is 206 Å². The molecule has 0 spiro atoms. The average molecular weight is 540 g/mol. The van der Waals surface area contributed by atoms with Crippen LogP contribution in [-0.4, -0.2) is 33.5 Å². The smallest absolute Gasteiger partial charge is 0.375 e. The maximum absolute atomic E-state index is 12.2. The molecule has 2 aromatic rings. The van der Waals surface area contributed by atoms with E-state index in [1.54, 1.807) is 36.4 Å². The van der Waals surface area contributed by atoms with Gasteiger partial charge in [-0.1, -0.05) is 58.5 Å². The summed E-state index contributed by atoms with van der Waals surface area (Å²) in [5.41, 5.74) is -0.610. The van der Waals surface area contributed by atoms with Crippen molar-refractivity contribution in [2.24, 2.45) is 0 Å². The van der Waals surface area contributed by atoms with Crippen LogP contribution in [0.25, 0.3) is 0 Å². The largest absolute Gasteiger partial charge is 0.501 e. The van der Waals surface area contributed by atoms with E-state index in [4.69, 9.17) is 51.1 Å². The Kier molecular flexibility index (Phi) is 8.00. The molecule has 0 aromatic heterocycles. The number of carbonyl (C=O) groups excluding carboxylic acids is 1. The fourth-order valence-corrected chi connectivity index (χ4v) is 6.35. The Morgan fingerprint density at radius 1 is 0.968 bits per heavy atom. The van der Waals surface area contributed by atoms with Gasteiger partial charge < -0.3 is 14.9 Å². The first-order valence-electron chi connectivity index (χ1n) is 8.63. The first kappa shape index (κ1) is 24.4. The van der Waals surface area contributed by atoms with Gasteiger partial charge in [-0.2, -0.15) is 11.8 Å². The van der Waals surface area contributed by atoms with Crippen LogP contribution in [0.3, 0.4) is 0 Å². The maximum atomic E-state index is 12.2. The van der Waals surface area contributed by atoms with E-state index in [9.17, 15) is 19.8 Å². The van der Waals surface area contributed by atoms with Gasteiger partial charge in [0.25, 0.3) is 5.60 Å². The van der Waals surface area contributed by atoms with E-state index in [1.165, 1.54) is 11.8 Å². The number of cyclic esters (lactones) is 1. The van der Waals surface area contributed by atoms with E-state index >= 15 is 0 Å². The molecule has 0 saturated carbocycles. The second kappa shape index (κ2) is 10.1. The quantitative estimate of drug-likeness (QED) is 0.365. The summed E-state index contributed by atoms with van der Waals surface area (Å²) in [4.78, 5) is 24.1. The van der Waals surface area contributed by atoms with Gasteiger partial charge in [-0.15, -0.1) is 11.8 Å². The summed E-state index contributed by atoms with van der Waals surface area (Å²) < 4.78 is 5.15. The molecule has 11 heteroatoms. The summed E-state index contributed by atoms with van der Waals surface area (Å²) in [5, 5.41) is 21.9. The minimum absolute atomic E-state index is 0.0780. The number of hydrogen-bond donors (Lipinski definition) is 2. The van der Waals surface area contributed by atoms with Crippen LogP contribution in [0, 0.1) is 0 Å². The molecule has 0 radical (unpaired) electrons. The van der Waals surface area contributed by atoms with Crippen molar-refractivity contribution in [3.05, 3.63) is 78.3 Å². The molecule has 0 bridgehead atoms. The standard InChI is InChI=1S/C20H14Cl4O5S2/c21-12-3-1-10(14(23)5-12)7-30-9-20(19(27)28)17(16(25)18(26)29-20)31-8-11-2-4-13(22)6-15(11)24/h1-6,25H,7-9H2,(H,27,28). The van der Waals surface area contributed by atoms with Crippen molar-refractivity contribution in [3.63, 3.8) is 0 Å². The van der Waals surface area contributed by atoms with Gasteiger partial charge in [0.05, 0.1) is 4.91 Å². The second-order valence-corrected chi connectivity index (χ2v) is 10.1. The van der Waals surface area contributed by atoms with Crippen molar-refractivity contribution >= 4 is 81.9 Å². The highest BCUT2D eigenvalue weighted by Gasteiger charge is 2.54. The number of aliphatic hydroxyl groups is 1. The van der Waals surface area contributed by atoms with Gasteiger partial charge in [0.1, 0.15) is 0 Å². The molecule has 1 aliphatic rings. The SMILES string of the molecule is O=C1OC(CSCc2ccc(Cl)cc2Cl)(C(=O)O)C(SCc2ccc(Cl)cc2Cl)=C1O. The van der Waals surface area contributed by atoms with Gasteiger partial charge in [0.2, 0.25) is 5.76 Å². The highest BCUT2D eigenvalue weighted by Crippen LogP contribution is 2.44. The fraction of sp³-hybridized carbons (Fsp3) is 0.200. The third-order valence-electron chi connectivity index (χ3n) is 4.35. The van der Waals surface area contributed by atoms with E-state index in [1.807, 2.05) is 0 Å². The number of carbonyl (C=O) groups is 2. The molecule has 1 aliphatic heterocycles. The number of carboxylic acids is 1. The van der Waals surface area contributed by atoms with E-state index in [0.717, 1.165) is 17.3 Å². The lowest BCUT2D eigenvalue weighted by molar-refractivity contribution is -0.165. The molecule has 2 aromatic carbocycles. The predicted octanol–water partition coefficient (Wildman–Crippen LogP) is 6.62. The summed E-state index contributed by atoms with van der Waals surface area (Å²) in [7, 11) is 0. The molecular weight excluding hydrogens is 526 g/mol. The predicted molar refractivity (Wildman–Crippen MR) is 126 cm³/mol. The highest BCUT2D eigenvalue weighted by atomic mass is 35.5. The van der Waals surface area contributed by atoms with E-state index in [-0.39, 0.29) is 16.4 Å². The Morgan fingerprint density at radius 3 is 2.03 bits per heavy atom. The minimum atomic E-state index is -2.02. The number of halogens is 4. The van der Waals surface area contributed by atoms with Crippen molar-refractivity contribution in [2.45, 2.75) is 17.1 Å². The maximum Gasteiger partial charge on any atom is 0.375 e. The normalized spacial score (nSPS) is 18.4. The molecule has 5 nitrogen and oxygen atoms in total. The van der Waals surface area contributed by atoms with Gasteiger partial charge in [0, 0.05) is 37.3 Å². The number of ether oxygens (including phenoxy) is 1. The van der Waals surface area contributed by atoms with Crippen LogP contribution in [0.4, 0.5) is 0 Å². The number of rotatable bonds is 8. The summed E-state index contributed by atoms with van der Waals surface area (Å²) in [5.74, 6) is -2.77. The first-order valence-corrected chi connectivity index (χ1v) is 12.3. The lowest BCUT2D eigenvalue weighted by Crippen LogP contribution is -2.43. The third-order valence-corrected chi connectivity index (χ3v) is 7.92. The molecule has 0 saturated heterocycles. The Hall–Kier alpha value is -1.22. The van der Waals surface area contributed by atoms with Crippen molar-refractivity contribution < 1.29 is 24.5 Å². The molecule has 31 heavy (non-hydrogen) atoms. The van der Waals surface area contributed by atoms with Gasteiger partial charge in [-0.3, -0.25) is 0 Å². The molecule has 1 heterocycles. The zero-order valence-corrected chi connectivity index (χ0v) is 20.2. The molecule has 0 aliphatic carbocycles. The molecule has 0 fully saturated rings. The van der Waals surface area contributed by atoms with Gasteiger partial charge in [-0.25, -0.2) is 9.59 Å². The van der Waals surface area contributed by atoms with Gasteiger partial charge >= 0.3 is 11.9 Å². The van der Waals surface area contributed by atoms with Crippen LogP contribution in [0.1, 0.15) is 11.1 Å². The first-order chi connectivity index (χ1) is 14.6. The zero-order valence-electron chi connectivity index (χ0n) is 15.5. The van der Waals surface area contributed by atoms with Crippen LogP contribution in [0.15, 0.2) is 47.1 Å². The van der Waals surface area contributed by atoms with Gasteiger partial charge in [0.15, 0.2) is 0 Å². The number of aliphatic carboxylic acids is 1. The molecule has 1 unspecified atom stereocenters. The Bertz CT molecular complexity index is 1080. The summed E-state index contributed by atoms with van der Waals surface area (Å²) >= 11 is 26.3. The minimum Gasteiger partial charge on any atom is -0.501 e. The molecule has 2 N–H and O–H groups in total. The molecule has 0 amide bonds. The second-order valence-electron chi connectivity index (χ2n) is 6.45. The van der Waals surface area contributed by atoms with E-state index in [2.05, 4.69) is 0 Å². The third kappa shape index (κ3) is 5.41. The fourth-order valence-electron chi connectivity index (χ4n) is 2.75. The lowest BCUT2D eigenvalue weighted by Gasteiger charge is -2.25. The summed E-state index contributed by atoms with van der Waals surface area (Å²) in [6.07, 6.45) is 0. The highest BCUT2D eigenvalue weighted by molar-refractivity contribution is 8.02. The van der Waals surface area contributed by atoms with Crippen LogP contribution in [0.5, 0.6) is 0 Å². The number of carboxylic acid groups (broad SMARTS) is 1. The Morgan fingerprint density at radius 2 is 1.52 bits per heavy atom. The summed E-state index contributed by atoms with van der Waals surface area (Å²) in [6, 6.07) is 9.88. The topological polar surface area (TPSA) is 83.8 Å². The van der Waals surface area contributed by atoms with Crippen molar-refractivity contribution in [2.75, 3.05) is 5.75 Å². The van der Waals surface area contributed by atoms with Crippen LogP contribution >= 0.6 is 69.9 Å². The van der Waals surface area contributed by atoms with Gasteiger partial charge in [-0.05, 0) is 35.4 Å². The Balaban J connectivity index is 1.79. The molecule has 3 rings (SSSR count). The lowest BCUT2D eigenvalue weighted by atomic mass is 10.1. The van der Waals surface area contributed by atoms with E-state index in [0.29, 0.717) is 31.4 Å². The van der Waals surface area contributed by atoms with Crippen molar-refractivity contribution in [1.29, 1.82) is 0 Å². The van der Waals surface area contributed by atoms with Crippen LogP contribution in [-0.2, 0) is 25.8 Å². The monoisotopic (exact) mass is 538 g/mol. The summed E-state index contributed by atoms with van der Waals surface area (Å²) in [6.45, 7) is 0.